The van der Waals surface area contributed by atoms with Crippen LogP contribution in [-0.4, -0.2) is 20.7 Å². The number of halogens is 3. The van der Waals surface area contributed by atoms with Gasteiger partial charge in [-0.3, -0.25) is 9.48 Å². The maximum absolute atomic E-state index is 12.6. The Hall–Kier alpha value is -2.38. The smallest absolute Gasteiger partial charge is 0.310 e. The van der Waals surface area contributed by atoms with E-state index < -0.39 is 17.8 Å². The van der Waals surface area contributed by atoms with Crippen LogP contribution >= 0.6 is 0 Å². The van der Waals surface area contributed by atoms with Gasteiger partial charge in [0.2, 0.25) is 5.91 Å². The highest BCUT2D eigenvalue weighted by atomic mass is 19.4. The molecule has 1 amide bonds. The lowest BCUT2D eigenvalue weighted by molar-refractivity contribution is -0.141. The summed E-state index contributed by atoms with van der Waals surface area (Å²) in [4.78, 5) is 15.4. The Balaban J connectivity index is 2.13. The molecule has 0 saturated carbocycles. The van der Waals surface area contributed by atoms with E-state index in [1.165, 1.54) is 12.1 Å². The zero-order valence-electron chi connectivity index (χ0n) is 12.3. The predicted octanol–water partition coefficient (Wildman–Crippen LogP) is 2.63. The van der Waals surface area contributed by atoms with Crippen LogP contribution in [0.15, 0.2) is 18.2 Å². The third-order valence-electron chi connectivity index (χ3n) is 3.30. The second-order valence-corrected chi connectivity index (χ2v) is 4.90. The molecule has 0 bridgehead atoms. The van der Waals surface area contributed by atoms with Gasteiger partial charge < -0.3 is 5.32 Å². The topological polar surface area (TPSA) is 59.8 Å². The molecule has 2 heterocycles. The average Bonchev–Trinajstić information content (AvgIpc) is 2.65. The monoisotopic (exact) mass is 312 g/mol. The number of nitrogens with zero attached hydrogens (tertiary/aromatic N) is 3. The second kappa shape index (κ2) is 5.78. The van der Waals surface area contributed by atoms with Crippen molar-refractivity contribution in [3.05, 3.63) is 40.8 Å². The molecule has 0 aliphatic rings. The minimum atomic E-state index is -4.54. The van der Waals surface area contributed by atoms with Crippen molar-refractivity contribution in [2.24, 2.45) is 7.05 Å². The van der Waals surface area contributed by atoms with Gasteiger partial charge in [-0.2, -0.15) is 18.3 Å². The average molecular weight is 312 g/mol. The fourth-order valence-corrected chi connectivity index (χ4v) is 2.08. The number of aryl methyl sites for hydroxylation is 2. The van der Waals surface area contributed by atoms with Crippen LogP contribution in [0.5, 0.6) is 0 Å². The molecule has 0 radical (unpaired) electrons. The summed E-state index contributed by atoms with van der Waals surface area (Å²) in [6.07, 6.45) is -4.51. The molecule has 0 atom stereocenters. The molecule has 0 aliphatic carbocycles. The van der Waals surface area contributed by atoms with E-state index in [0.29, 0.717) is 5.69 Å². The molecule has 0 aromatic carbocycles. The van der Waals surface area contributed by atoms with Crippen molar-refractivity contribution in [3.63, 3.8) is 0 Å². The van der Waals surface area contributed by atoms with E-state index in [9.17, 15) is 18.0 Å². The van der Waals surface area contributed by atoms with Crippen LogP contribution in [0.3, 0.4) is 0 Å². The predicted molar refractivity (Wildman–Crippen MR) is 74.3 cm³/mol. The summed E-state index contributed by atoms with van der Waals surface area (Å²) in [7, 11) is 1.76. The Morgan fingerprint density at radius 1 is 1.32 bits per heavy atom. The molecule has 2 aromatic rings. The van der Waals surface area contributed by atoms with Crippen molar-refractivity contribution in [1.29, 1.82) is 0 Å². The maximum atomic E-state index is 12.6. The lowest BCUT2D eigenvalue weighted by Crippen LogP contribution is -2.17. The highest BCUT2D eigenvalue weighted by molar-refractivity contribution is 5.91. The van der Waals surface area contributed by atoms with Gasteiger partial charge in [-0.15, -0.1) is 0 Å². The van der Waals surface area contributed by atoms with E-state index >= 15 is 0 Å². The molecule has 2 rings (SSSR count). The molecule has 22 heavy (non-hydrogen) atoms. The van der Waals surface area contributed by atoms with Crippen molar-refractivity contribution < 1.29 is 18.0 Å². The fraction of sp³-hybridized carbons (Fsp3) is 0.357. The maximum Gasteiger partial charge on any atom is 0.433 e. The van der Waals surface area contributed by atoms with E-state index in [2.05, 4.69) is 15.4 Å². The lowest BCUT2D eigenvalue weighted by Gasteiger charge is -2.09. The van der Waals surface area contributed by atoms with Gasteiger partial charge >= 0.3 is 6.18 Å². The van der Waals surface area contributed by atoms with Gasteiger partial charge in [0.1, 0.15) is 11.5 Å². The Labute approximate surface area is 125 Å². The number of hydrogen-bond acceptors (Lipinski definition) is 3. The van der Waals surface area contributed by atoms with Crippen LogP contribution < -0.4 is 5.32 Å². The van der Waals surface area contributed by atoms with Gasteiger partial charge in [-0.05, 0) is 26.0 Å². The Morgan fingerprint density at radius 2 is 2.00 bits per heavy atom. The summed E-state index contributed by atoms with van der Waals surface area (Å²) < 4.78 is 39.4. The van der Waals surface area contributed by atoms with Gasteiger partial charge in [-0.25, -0.2) is 4.98 Å². The van der Waals surface area contributed by atoms with Crippen molar-refractivity contribution >= 4 is 11.7 Å². The molecule has 0 saturated heterocycles. The van der Waals surface area contributed by atoms with Crippen LogP contribution in [0.2, 0.25) is 0 Å². The third kappa shape index (κ3) is 3.44. The van der Waals surface area contributed by atoms with Gasteiger partial charge in [0.05, 0.1) is 12.1 Å². The Kier molecular flexibility index (Phi) is 4.20. The van der Waals surface area contributed by atoms with Gasteiger partial charge in [-0.1, -0.05) is 6.07 Å². The molecule has 0 aliphatic heterocycles. The van der Waals surface area contributed by atoms with Crippen molar-refractivity contribution in [2.45, 2.75) is 26.4 Å². The number of carbonyl (C=O) groups excluding carboxylic acids is 1. The summed E-state index contributed by atoms with van der Waals surface area (Å²) >= 11 is 0. The van der Waals surface area contributed by atoms with E-state index in [1.807, 2.05) is 6.92 Å². The Morgan fingerprint density at radius 3 is 2.55 bits per heavy atom. The van der Waals surface area contributed by atoms with Crippen molar-refractivity contribution in [1.82, 2.24) is 14.8 Å². The first-order valence-corrected chi connectivity index (χ1v) is 6.51. The van der Waals surface area contributed by atoms with Gasteiger partial charge in [0, 0.05) is 18.3 Å². The zero-order chi connectivity index (χ0) is 16.5. The summed E-state index contributed by atoms with van der Waals surface area (Å²) in [5.41, 5.74) is 1.27. The summed E-state index contributed by atoms with van der Waals surface area (Å²) in [6, 6.07) is 3.37. The molecule has 0 fully saturated rings. The lowest BCUT2D eigenvalue weighted by atomic mass is 10.1. The van der Waals surface area contributed by atoms with Crippen molar-refractivity contribution in [3.8, 4) is 0 Å². The van der Waals surface area contributed by atoms with Crippen LogP contribution in [0.25, 0.3) is 0 Å². The molecule has 5 nitrogen and oxygen atoms in total. The number of alkyl halides is 3. The van der Waals surface area contributed by atoms with Gasteiger partial charge in [0.25, 0.3) is 0 Å². The minimum absolute atomic E-state index is 0.0312. The summed E-state index contributed by atoms with van der Waals surface area (Å²) in [5.74, 6) is -0.565. The van der Waals surface area contributed by atoms with Crippen LogP contribution in [0.1, 0.15) is 22.6 Å². The SMILES string of the molecule is Cc1nn(C)c(C)c1CC(=O)Nc1cccc(C(F)(F)F)n1. The number of aromatic nitrogens is 3. The molecule has 0 unspecified atom stereocenters. The number of rotatable bonds is 3. The highest BCUT2D eigenvalue weighted by Crippen LogP contribution is 2.28. The van der Waals surface area contributed by atoms with Crippen LogP contribution in [-0.2, 0) is 24.4 Å². The number of hydrogen-bond donors (Lipinski definition) is 1. The molecule has 8 heteroatoms. The second-order valence-electron chi connectivity index (χ2n) is 4.90. The first-order chi connectivity index (χ1) is 10.2. The molecule has 2 aromatic heterocycles. The quantitative estimate of drug-likeness (QED) is 0.948. The molecular formula is C14H15F3N4O. The Bertz CT molecular complexity index is 707. The van der Waals surface area contributed by atoms with Crippen LogP contribution in [0, 0.1) is 13.8 Å². The molecule has 1 N–H and O–H groups in total. The number of nitrogens with one attached hydrogen (secondary N) is 1. The molecule has 0 spiro atoms. The largest absolute Gasteiger partial charge is 0.433 e. The van der Waals surface area contributed by atoms with E-state index in [-0.39, 0.29) is 12.2 Å². The van der Waals surface area contributed by atoms with E-state index in [4.69, 9.17) is 0 Å². The standard InChI is InChI=1S/C14H15F3N4O/c1-8-10(9(2)21(3)20-8)7-13(22)19-12-6-4-5-11(18-12)14(15,16)17/h4-6H,7H2,1-3H3,(H,18,19,22). The van der Waals surface area contributed by atoms with E-state index in [1.54, 1.807) is 18.7 Å². The number of carbonyl (C=O) groups is 1. The van der Waals surface area contributed by atoms with Crippen LogP contribution in [0.4, 0.5) is 19.0 Å². The zero-order valence-corrected chi connectivity index (χ0v) is 12.3. The minimum Gasteiger partial charge on any atom is -0.310 e. The molecule has 118 valence electrons. The molecular weight excluding hydrogens is 297 g/mol. The third-order valence-corrected chi connectivity index (χ3v) is 3.30. The number of pyridine rings is 1. The van der Waals surface area contributed by atoms with E-state index in [0.717, 1.165) is 17.3 Å². The number of amides is 1. The van der Waals surface area contributed by atoms with Crippen molar-refractivity contribution in [2.75, 3.05) is 5.32 Å². The number of anilines is 1. The summed E-state index contributed by atoms with van der Waals surface area (Å²) in [5, 5.41) is 6.57. The normalized spacial score (nSPS) is 11.5. The summed E-state index contributed by atoms with van der Waals surface area (Å²) in [6.45, 7) is 3.60. The first kappa shape index (κ1) is 16.0. The highest BCUT2D eigenvalue weighted by Gasteiger charge is 2.32. The first-order valence-electron chi connectivity index (χ1n) is 6.51. The van der Waals surface area contributed by atoms with Gasteiger partial charge in [0.15, 0.2) is 0 Å². The fourth-order valence-electron chi connectivity index (χ4n) is 2.08.